The summed E-state index contributed by atoms with van der Waals surface area (Å²) in [5.74, 6) is 0. The molecule has 7 nitrogen and oxygen atoms in total. The first-order chi connectivity index (χ1) is 10.3. The SMILES string of the molecule is CCc1ncc(CN(C)S(=O)(=O)c2ccc([N+](=O)[O-])cc2)s1. The Hall–Kier alpha value is -1.84. The van der Waals surface area contributed by atoms with E-state index in [0.29, 0.717) is 0 Å². The summed E-state index contributed by atoms with van der Waals surface area (Å²) < 4.78 is 26.1. The van der Waals surface area contributed by atoms with Crippen LogP contribution < -0.4 is 0 Å². The lowest BCUT2D eigenvalue weighted by Gasteiger charge is -2.16. The minimum absolute atomic E-state index is 0.0285. The van der Waals surface area contributed by atoms with E-state index in [9.17, 15) is 18.5 Å². The molecule has 1 aromatic carbocycles. The number of aryl methyl sites for hydroxylation is 1. The normalized spacial score (nSPS) is 11.8. The maximum Gasteiger partial charge on any atom is 0.269 e. The largest absolute Gasteiger partial charge is 0.269 e. The van der Waals surface area contributed by atoms with Crippen molar-refractivity contribution in [3.63, 3.8) is 0 Å². The molecule has 0 aliphatic rings. The molecule has 0 saturated heterocycles. The highest BCUT2D eigenvalue weighted by molar-refractivity contribution is 7.89. The van der Waals surface area contributed by atoms with Crippen molar-refractivity contribution >= 4 is 27.0 Å². The Morgan fingerprint density at radius 3 is 2.45 bits per heavy atom. The molecule has 0 amide bonds. The molecule has 0 saturated carbocycles. The third-order valence-electron chi connectivity index (χ3n) is 3.04. The fraction of sp³-hybridized carbons (Fsp3) is 0.308. The van der Waals surface area contributed by atoms with Gasteiger partial charge in [-0.3, -0.25) is 10.1 Å². The monoisotopic (exact) mass is 341 g/mol. The second-order valence-corrected chi connectivity index (χ2v) is 7.83. The Morgan fingerprint density at radius 2 is 1.95 bits per heavy atom. The van der Waals surface area contributed by atoms with Crippen LogP contribution >= 0.6 is 11.3 Å². The second-order valence-electron chi connectivity index (χ2n) is 4.59. The summed E-state index contributed by atoms with van der Waals surface area (Å²) in [6, 6.07) is 4.85. The van der Waals surface area contributed by atoms with Crippen LogP contribution in [0.5, 0.6) is 0 Å². The maximum absolute atomic E-state index is 12.4. The van der Waals surface area contributed by atoms with E-state index in [1.807, 2.05) is 6.92 Å². The van der Waals surface area contributed by atoms with Gasteiger partial charge in [0, 0.05) is 36.8 Å². The summed E-state index contributed by atoms with van der Waals surface area (Å²) in [7, 11) is -2.21. The first-order valence-corrected chi connectivity index (χ1v) is 8.74. The highest BCUT2D eigenvalue weighted by Gasteiger charge is 2.22. The molecule has 0 atom stereocenters. The number of thiazole rings is 1. The average molecular weight is 341 g/mol. The van der Waals surface area contributed by atoms with E-state index in [1.54, 1.807) is 6.20 Å². The van der Waals surface area contributed by atoms with Gasteiger partial charge >= 0.3 is 0 Å². The molecular formula is C13H15N3O4S2. The molecule has 118 valence electrons. The Morgan fingerprint density at radius 1 is 1.32 bits per heavy atom. The number of nitro groups is 1. The Labute approximate surface area is 132 Å². The molecule has 0 aliphatic carbocycles. The van der Waals surface area contributed by atoms with Crippen molar-refractivity contribution in [2.75, 3.05) is 7.05 Å². The summed E-state index contributed by atoms with van der Waals surface area (Å²) in [5.41, 5.74) is -0.142. The van der Waals surface area contributed by atoms with Crippen LogP contribution in [-0.4, -0.2) is 29.7 Å². The zero-order valence-corrected chi connectivity index (χ0v) is 13.7. The van der Waals surface area contributed by atoms with Crippen LogP contribution in [0.3, 0.4) is 0 Å². The summed E-state index contributed by atoms with van der Waals surface area (Å²) >= 11 is 1.47. The number of rotatable bonds is 6. The van der Waals surface area contributed by atoms with Gasteiger partial charge in [-0.05, 0) is 18.6 Å². The fourth-order valence-electron chi connectivity index (χ4n) is 1.81. The van der Waals surface area contributed by atoms with Crippen molar-refractivity contribution in [2.24, 2.45) is 0 Å². The highest BCUT2D eigenvalue weighted by atomic mass is 32.2. The predicted octanol–water partition coefficient (Wildman–Crippen LogP) is 2.43. The molecule has 0 N–H and O–H groups in total. The van der Waals surface area contributed by atoms with E-state index in [1.165, 1.54) is 47.0 Å². The number of aromatic nitrogens is 1. The maximum atomic E-state index is 12.4. The molecule has 2 aromatic rings. The van der Waals surface area contributed by atoms with Crippen molar-refractivity contribution in [2.45, 2.75) is 24.8 Å². The lowest BCUT2D eigenvalue weighted by atomic mass is 10.3. The standard InChI is InChI=1S/C13H15N3O4S2/c1-3-13-14-8-11(21-13)9-15(2)22(19,20)12-6-4-10(5-7-12)16(17)18/h4-8H,3,9H2,1-2H3. The molecule has 0 unspecified atom stereocenters. The van der Waals surface area contributed by atoms with Crippen molar-refractivity contribution < 1.29 is 13.3 Å². The molecule has 1 aromatic heterocycles. The van der Waals surface area contributed by atoms with Gasteiger partial charge in [-0.15, -0.1) is 11.3 Å². The quantitative estimate of drug-likeness (QED) is 0.594. The summed E-state index contributed by atoms with van der Waals surface area (Å²) in [5, 5.41) is 11.6. The fourth-order valence-corrected chi connectivity index (χ4v) is 3.96. The predicted molar refractivity (Wildman–Crippen MR) is 83.2 cm³/mol. The van der Waals surface area contributed by atoms with E-state index in [-0.39, 0.29) is 17.1 Å². The minimum Gasteiger partial charge on any atom is -0.258 e. The number of non-ortho nitro benzene ring substituents is 1. The molecule has 0 aliphatic heterocycles. The smallest absolute Gasteiger partial charge is 0.258 e. The lowest BCUT2D eigenvalue weighted by molar-refractivity contribution is -0.384. The van der Waals surface area contributed by atoms with Crippen LogP contribution in [0.2, 0.25) is 0 Å². The first kappa shape index (κ1) is 16.5. The van der Waals surface area contributed by atoms with E-state index in [2.05, 4.69) is 4.98 Å². The minimum atomic E-state index is -3.69. The summed E-state index contributed by atoms with van der Waals surface area (Å²) in [6.07, 6.45) is 2.48. The van der Waals surface area contributed by atoms with Gasteiger partial charge in [-0.25, -0.2) is 13.4 Å². The number of hydrogen-bond donors (Lipinski definition) is 0. The number of nitrogens with zero attached hydrogens (tertiary/aromatic N) is 3. The average Bonchev–Trinajstić information content (AvgIpc) is 2.95. The third-order valence-corrected chi connectivity index (χ3v) is 5.98. The van der Waals surface area contributed by atoms with Crippen molar-refractivity contribution in [1.29, 1.82) is 0 Å². The topological polar surface area (TPSA) is 93.4 Å². The van der Waals surface area contributed by atoms with E-state index < -0.39 is 14.9 Å². The third kappa shape index (κ3) is 3.49. The second kappa shape index (κ2) is 6.51. The van der Waals surface area contributed by atoms with Crippen LogP contribution in [0.1, 0.15) is 16.8 Å². The van der Waals surface area contributed by atoms with Crippen LogP contribution in [-0.2, 0) is 23.0 Å². The summed E-state index contributed by atoms with van der Waals surface area (Å²) in [4.78, 5) is 15.1. The van der Waals surface area contributed by atoms with Crippen LogP contribution in [0.25, 0.3) is 0 Å². The van der Waals surface area contributed by atoms with Crippen LogP contribution in [0, 0.1) is 10.1 Å². The summed E-state index contributed by atoms with van der Waals surface area (Å²) in [6.45, 7) is 2.21. The van der Waals surface area contributed by atoms with E-state index in [0.717, 1.165) is 16.3 Å². The van der Waals surface area contributed by atoms with Gasteiger partial charge in [0.15, 0.2) is 0 Å². The van der Waals surface area contributed by atoms with Gasteiger partial charge < -0.3 is 0 Å². The van der Waals surface area contributed by atoms with Gasteiger partial charge in [0.25, 0.3) is 5.69 Å². The Kier molecular flexibility index (Phi) is 4.89. The lowest BCUT2D eigenvalue weighted by Crippen LogP contribution is -2.26. The number of hydrogen-bond acceptors (Lipinski definition) is 6. The van der Waals surface area contributed by atoms with Crippen LogP contribution in [0.15, 0.2) is 35.4 Å². The van der Waals surface area contributed by atoms with E-state index >= 15 is 0 Å². The Balaban J connectivity index is 2.19. The van der Waals surface area contributed by atoms with Gasteiger partial charge in [0.2, 0.25) is 10.0 Å². The molecule has 0 bridgehead atoms. The van der Waals surface area contributed by atoms with Gasteiger partial charge in [0.05, 0.1) is 14.8 Å². The van der Waals surface area contributed by atoms with Crippen molar-refractivity contribution in [1.82, 2.24) is 9.29 Å². The van der Waals surface area contributed by atoms with Crippen LogP contribution in [0.4, 0.5) is 5.69 Å². The van der Waals surface area contributed by atoms with Gasteiger partial charge in [-0.2, -0.15) is 4.31 Å². The number of benzene rings is 1. The van der Waals surface area contributed by atoms with Crippen molar-refractivity contribution in [3.05, 3.63) is 50.5 Å². The molecular weight excluding hydrogens is 326 g/mol. The zero-order valence-electron chi connectivity index (χ0n) is 12.1. The number of sulfonamides is 1. The van der Waals surface area contributed by atoms with Crippen molar-refractivity contribution in [3.8, 4) is 0 Å². The van der Waals surface area contributed by atoms with E-state index in [4.69, 9.17) is 0 Å². The molecule has 1 heterocycles. The Bertz CT molecular complexity index is 769. The zero-order chi connectivity index (χ0) is 16.3. The molecule has 0 radical (unpaired) electrons. The first-order valence-electron chi connectivity index (χ1n) is 6.49. The number of nitro benzene ring substituents is 1. The molecule has 0 spiro atoms. The molecule has 9 heteroatoms. The van der Waals surface area contributed by atoms with Gasteiger partial charge in [-0.1, -0.05) is 6.92 Å². The van der Waals surface area contributed by atoms with Gasteiger partial charge in [0.1, 0.15) is 0 Å². The molecule has 2 rings (SSSR count). The highest BCUT2D eigenvalue weighted by Crippen LogP contribution is 2.22. The molecule has 0 fully saturated rings. The molecule has 22 heavy (non-hydrogen) atoms.